The number of benzene rings is 1. The summed E-state index contributed by atoms with van der Waals surface area (Å²) in [4.78, 5) is 4.02. The Labute approximate surface area is 133 Å². The summed E-state index contributed by atoms with van der Waals surface area (Å²) in [5.41, 5.74) is 1.38. The van der Waals surface area contributed by atoms with Crippen LogP contribution in [0.25, 0.3) is 0 Å². The second-order valence-electron chi connectivity index (χ2n) is 3.80. The molecule has 2 aromatic rings. The van der Waals surface area contributed by atoms with Gasteiger partial charge in [-0.2, -0.15) is 0 Å². The highest BCUT2D eigenvalue weighted by molar-refractivity contribution is 9.10. The van der Waals surface area contributed by atoms with E-state index in [2.05, 4.69) is 26.2 Å². The molecule has 0 fully saturated rings. The summed E-state index contributed by atoms with van der Waals surface area (Å²) in [5.74, 6) is -0.0647. The third kappa shape index (κ3) is 3.31. The molecule has 0 atom stereocenters. The maximum absolute atomic E-state index is 13.5. The van der Waals surface area contributed by atoms with Crippen LogP contribution in [0.2, 0.25) is 15.2 Å². The van der Waals surface area contributed by atoms with Crippen molar-refractivity contribution in [2.24, 2.45) is 0 Å². The van der Waals surface area contributed by atoms with Crippen molar-refractivity contribution in [2.45, 2.75) is 6.92 Å². The standard InChI is InChI=1S/C12H7BrCl3FN2/c1-5-2-6(13)9(17)4-10(5)18-12-8(15)3-7(14)11(16)19-12/h2-4H,1H3,(H,18,19). The van der Waals surface area contributed by atoms with Gasteiger partial charge in [0.15, 0.2) is 5.82 Å². The highest BCUT2D eigenvalue weighted by Crippen LogP contribution is 2.32. The third-order valence-corrected chi connectivity index (χ3v) is 3.98. The van der Waals surface area contributed by atoms with Crippen molar-refractivity contribution in [1.82, 2.24) is 4.98 Å². The predicted octanol–water partition coefficient (Wildman–Crippen LogP) is 6.00. The van der Waals surface area contributed by atoms with E-state index in [0.29, 0.717) is 21.0 Å². The summed E-state index contributed by atoms with van der Waals surface area (Å²) >= 11 is 20.7. The molecule has 0 aliphatic heterocycles. The molecule has 0 radical (unpaired) electrons. The van der Waals surface area contributed by atoms with Gasteiger partial charge in [0.1, 0.15) is 11.0 Å². The zero-order chi connectivity index (χ0) is 14.2. The molecule has 0 amide bonds. The van der Waals surface area contributed by atoms with E-state index in [4.69, 9.17) is 34.8 Å². The number of anilines is 2. The van der Waals surface area contributed by atoms with Crippen molar-refractivity contribution in [3.05, 3.63) is 49.3 Å². The summed E-state index contributed by atoms with van der Waals surface area (Å²) in [5, 5.41) is 3.62. The van der Waals surface area contributed by atoms with Crippen LogP contribution < -0.4 is 5.32 Å². The van der Waals surface area contributed by atoms with Crippen molar-refractivity contribution in [3.63, 3.8) is 0 Å². The van der Waals surface area contributed by atoms with Crippen LogP contribution in [0.5, 0.6) is 0 Å². The molecule has 2 rings (SSSR count). The molecule has 0 bridgehead atoms. The van der Waals surface area contributed by atoms with E-state index in [1.807, 2.05) is 6.92 Å². The van der Waals surface area contributed by atoms with Gasteiger partial charge >= 0.3 is 0 Å². The molecule has 2 nitrogen and oxygen atoms in total. The Kier molecular flexibility index (Phi) is 4.56. The van der Waals surface area contributed by atoms with Crippen LogP contribution in [0.15, 0.2) is 22.7 Å². The smallest absolute Gasteiger partial charge is 0.151 e. The van der Waals surface area contributed by atoms with E-state index < -0.39 is 0 Å². The van der Waals surface area contributed by atoms with Gasteiger partial charge in [0.25, 0.3) is 0 Å². The number of hydrogen-bond donors (Lipinski definition) is 1. The molecule has 0 aliphatic carbocycles. The quantitative estimate of drug-likeness (QED) is 0.643. The lowest BCUT2D eigenvalue weighted by atomic mass is 10.2. The number of aryl methyl sites for hydroxylation is 1. The Bertz CT molecular complexity index is 594. The molecule has 0 saturated heterocycles. The van der Waals surface area contributed by atoms with Crippen molar-refractivity contribution >= 4 is 62.2 Å². The fourth-order valence-corrected chi connectivity index (χ4v) is 2.44. The largest absolute Gasteiger partial charge is 0.339 e. The fraction of sp³-hybridized carbons (Fsp3) is 0.0833. The molecule has 1 aromatic carbocycles. The first-order valence-corrected chi connectivity index (χ1v) is 7.05. The van der Waals surface area contributed by atoms with Crippen molar-refractivity contribution in [3.8, 4) is 0 Å². The lowest BCUT2D eigenvalue weighted by Gasteiger charge is -2.12. The molecule has 100 valence electrons. The molecule has 0 aliphatic rings. The Morgan fingerprint density at radius 2 is 1.84 bits per heavy atom. The molecular weight excluding hydrogens is 377 g/mol. The summed E-state index contributed by atoms with van der Waals surface area (Å²) in [6.07, 6.45) is 0. The van der Waals surface area contributed by atoms with Crippen LogP contribution in [0.4, 0.5) is 15.9 Å². The van der Waals surface area contributed by atoms with E-state index in [1.54, 1.807) is 6.07 Å². The average Bonchev–Trinajstić information content (AvgIpc) is 2.32. The van der Waals surface area contributed by atoms with Crippen LogP contribution in [0.1, 0.15) is 5.56 Å². The number of pyridine rings is 1. The molecule has 1 aromatic heterocycles. The van der Waals surface area contributed by atoms with E-state index in [1.165, 1.54) is 12.1 Å². The molecule has 0 saturated carbocycles. The first-order valence-electron chi connectivity index (χ1n) is 5.12. The fourth-order valence-electron chi connectivity index (χ4n) is 1.44. The summed E-state index contributed by atoms with van der Waals surface area (Å²) < 4.78 is 13.9. The van der Waals surface area contributed by atoms with Gasteiger partial charge in [-0.25, -0.2) is 9.37 Å². The summed E-state index contributed by atoms with van der Waals surface area (Å²) in [7, 11) is 0. The number of hydrogen-bond acceptors (Lipinski definition) is 2. The Balaban J connectivity index is 2.42. The van der Waals surface area contributed by atoms with Crippen LogP contribution in [0, 0.1) is 12.7 Å². The first kappa shape index (κ1) is 14.9. The number of halogens is 5. The second kappa shape index (κ2) is 5.83. The molecule has 7 heteroatoms. The Hall–Kier alpha value is -0.550. The highest BCUT2D eigenvalue weighted by atomic mass is 79.9. The topological polar surface area (TPSA) is 24.9 Å². The minimum absolute atomic E-state index is 0.129. The summed E-state index contributed by atoms with van der Waals surface area (Å²) in [6, 6.07) is 4.48. The van der Waals surface area contributed by atoms with Gasteiger partial charge in [-0.05, 0) is 46.6 Å². The molecule has 1 N–H and O–H groups in total. The second-order valence-corrected chi connectivity index (χ2v) is 5.82. The molecule has 0 spiro atoms. The molecule has 0 unspecified atom stereocenters. The van der Waals surface area contributed by atoms with Crippen LogP contribution in [-0.2, 0) is 0 Å². The van der Waals surface area contributed by atoms with Gasteiger partial charge in [0, 0.05) is 5.69 Å². The minimum Gasteiger partial charge on any atom is -0.339 e. The van der Waals surface area contributed by atoms with Gasteiger partial charge in [-0.1, -0.05) is 34.8 Å². The van der Waals surface area contributed by atoms with Crippen molar-refractivity contribution in [2.75, 3.05) is 5.32 Å². The molecule has 1 heterocycles. The lowest BCUT2D eigenvalue weighted by Crippen LogP contribution is -1.98. The Morgan fingerprint density at radius 3 is 2.53 bits per heavy atom. The van der Waals surface area contributed by atoms with E-state index in [9.17, 15) is 4.39 Å². The highest BCUT2D eigenvalue weighted by Gasteiger charge is 2.11. The van der Waals surface area contributed by atoms with Gasteiger partial charge in [-0.3, -0.25) is 0 Å². The third-order valence-electron chi connectivity index (χ3n) is 2.41. The lowest BCUT2D eigenvalue weighted by molar-refractivity contribution is 0.621. The predicted molar refractivity (Wildman–Crippen MR) is 81.4 cm³/mol. The average molecular weight is 384 g/mol. The maximum atomic E-state index is 13.5. The summed E-state index contributed by atoms with van der Waals surface area (Å²) in [6.45, 7) is 1.83. The minimum atomic E-state index is -0.385. The number of nitrogens with one attached hydrogen (secondary N) is 1. The van der Waals surface area contributed by atoms with Crippen molar-refractivity contribution in [1.29, 1.82) is 0 Å². The van der Waals surface area contributed by atoms with Gasteiger partial charge in [-0.15, -0.1) is 0 Å². The van der Waals surface area contributed by atoms with E-state index >= 15 is 0 Å². The van der Waals surface area contributed by atoms with Crippen LogP contribution in [0.3, 0.4) is 0 Å². The number of aromatic nitrogens is 1. The van der Waals surface area contributed by atoms with Gasteiger partial charge < -0.3 is 5.32 Å². The van der Waals surface area contributed by atoms with E-state index in [0.717, 1.165) is 5.56 Å². The van der Waals surface area contributed by atoms with Gasteiger partial charge in [0.05, 0.1) is 14.5 Å². The monoisotopic (exact) mass is 382 g/mol. The van der Waals surface area contributed by atoms with Crippen LogP contribution >= 0.6 is 50.7 Å². The SMILES string of the molecule is Cc1cc(Br)c(F)cc1Nc1nc(Cl)c(Cl)cc1Cl. The van der Waals surface area contributed by atoms with Crippen LogP contribution in [-0.4, -0.2) is 4.98 Å². The zero-order valence-electron chi connectivity index (χ0n) is 9.57. The first-order chi connectivity index (χ1) is 8.88. The normalized spacial score (nSPS) is 10.6. The van der Waals surface area contributed by atoms with E-state index in [-0.39, 0.29) is 16.0 Å². The Morgan fingerprint density at radius 1 is 1.16 bits per heavy atom. The zero-order valence-corrected chi connectivity index (χ0v) is 13.4. The van der Waals surface area contributed by atoms with Crippen molar-refractivity contribution < 1.29 is 4.39 Å². The number of nitrogens with zero attached hydrogens (tertiary/aromatic N) is 1. The molecule has 19 heavy (non-hydrogen) atoms. The maximum Gasteiger partial charge on any atom is 0.151 e. The number of rotatable bonds is 2. The van der Waals surface area contributed by atoms with Gasteiger partial charge in [0.2, 0.25) is 0 Å². The molecular formula is C12H7BrCl3FN2.